The molecule has 0 spiro atoms. The molecular weight excluding hydrogens is 340 g/mol. The monoisotopic (exact) mass is 360 g/mol. The van der Waals surface area contributed by atoms with E-state index in [9.17, 15) is 9.59 Å². The van der Waals surface area contributed by atoms with Crippen LogP contribution in [0.5, 0.6) is 5.75 Å². The summed E-state index contributed by atoms with van der Waals surface area (Å²) >= 11 is 1.55. The van der Waals surface area contributed by atoms with Gasteiger partial charge in [0.15, 0.2) is 12.4 Å². The molecule has 132 valence electrons. The Morgan fingerprint density at radius 3 is 2.68 bits per heavy atom. The Kier molecular flexibility index (Phi) is 4.71. The molecule has 1 aromatic carbocycles. The van der Waals surface area contributed by atoms with E-state index in [1.165, 1.54) is 0 Å². The average molecular weight is 360 g/mol. The Morgan fingerprint density at radius 2 is 2.08 bits per heavy atom. The largest absolute Gasteiger partial charge is 0.484 e. The van der Waals surface area contributed by atoms with E-state index in [1.807, 2.05) is 32.9 Å². The first kappa shape index (κ1) is 17.3. The normalized spacial score (nSPS) is 16.5. The molecule has 3 rings (SSSR count). The first-order chi connectivity index (χ1) is 11.9. The van der Waals surface area contributed by atoms with E-state index in [-0.39, 0.29) is 23.5 Å². The smallest absolute Gasteiger partial charge is 0.271 e. The first-order valence-corrected chi connectivity index (χ1v) is 8.82. The number of thioether (sulfide) groups is 1. The number of aromatic nitrogens is 2. The number of nitrogens with one attached hydrogen (secondary N) is 1. The molecule has 0 unspecified atom stereocenters. The lowest BCUT2D eigenvalue weighted by Crippen LogP contribution is -2.20. The number of primary amides is 1. The van der Waals surface area contributed by atoms with Gasteiger partial charge < -0.3 is 10.5 Å². The predicted octanol–water partition coefficient (Wildman–Crippen LogP) is 2.51. The van der Waals surface area contributed by atoms with Crippen molar-refractivity contribution in [2.24, 2.45) is 10.7 Å². The molecule has 1 aromatic heterocycles. The summed E-state index contributed by atoms with van der Waals surface area (Å²) in [6.45, 7) is 5.78. The molecule has 2 aromatic rings. The van der Waals surface area contributed by atoms with Gasteiger partial charge in [0.05, 0.1) is 15.9 Å². The van der Waals surface area contributed by atoms with E-state index < -0.39 is 5.91 Å². The fourth-order valence-corrected chi connectivity index (χ4v) is 3.81. The number of fused-ring (bicyclic) bond motifs is 1. The summed E-state index contributed by atoms with van der Waals surface area (Å²) in [4.78, 5) is 27.8. The van der Waals surface area contributed by atoms with Gasteiger partial charge in [0, 0.05) is 6.04 Å². The predicted molar refractivity (Wildman–Crippen MR) is 98.8 cm³/mol. The van der Waals surface area contributed by atoms with Crippen molar-refractivity contribution in [3.63, 3.8) is 0 Å². The number of carbonyl (C=O) groups excluding carboxylic acids is 1. The number of amides is 1. The standard InChI is InChI=1S/C17H20N4O3S/c1-9(2)21-16-14(17(23)20-21)15(25-10(3)19-16)11-4-6-12(7-5-11)24-8-13(18)22/h4-7,9,15H,8H2,1-3H3,(H2,18,22)(H,20,23)/t15-/m0/s1. The summed E-state index contributed by atoms with van der Waals surface area (Å²) in [5.74, 6) is 0.725. The molecule has 0 saturated carbocycles. The maximum atomic E-state index is 12.5. The van der Waals surface area contributed by atoms with Gasteiger partial charge >= 0.3 is 0 Å². The van der Waals surface area contributed by atoms with Crippen molar-refractivity contribution in [2.75, 3.05) is 6.61 Å². The molecule has 2 heterocycles. The molecule has 0 bridgehead atoms. The number of nitrogens with two attached hydrogens (primary N) is 1. The zero-order chi connectivity index (χ0) is 18.1. The number of benzene rings is 1. The minimum atomic E-state index is -0.523. The molecule has 0 radical (unpaired) electrons. The van der Waals surface area contributed by atoms with Crippen LogP contribution < -0.4 is 16.0 Å². The summed E-state index contributed by atoms with van der Waals surface area (Å²) in [5.41, 5.74) is 6.59. The molecule has 1 aliphatic heterocycles. The molecule has 25 heavy (non-hydrogen) atoms. The second-order valence-corrected chi connectivity index (χ2v) is 7.39. The number of aromatic amines is 1. The summed E-state index contributed by atoms with van der Waals surface area (Å²) < 4.78 is 7.09. The van der Waals surface area contributed by atoms with E-state index in [0.29, 0.717) is 17.1 Å². The number of carbonyl (C=O) groups is 1. The lowest BCUT2D eigenvalue weighted by Gasteiger charge is -2.21. The number of nitrogens with zero attached hydrogens (tertiary/aromatic N) is 2. The fraction of sp³-hybridized carbons (Fsp3) is 0.353. The second-order valence-electron chi connectivity index (χ2n) is 6.09. The molecule has 0 fully saturated rings. The van der Waals surface area contributed by atoms with E-state index in [4.69, 9.17) is 10.5 Å². The highest BCUT2D eigenvalue weighted by Crippen LogP contribution is 2.44. The number of hydrogen-bond donors (Lipinski definition) is 2. The van der Waals surface area contributed by atoms with Gasteiger partial charge in [-0.1, -0.05) is 23.9 Å². The van der Waals surface area contributed by atoms with Crippen LogP contribution in [0.3, 0.4) is 0 Å². The van der Waals surface area contributed by atoms with Gasteiger partial charge in [-0.05, 0) is 38.5 Å². The highest BCUT2D eigenvalue weighted by atomic mass is 32.2. The highest BCUT2D eigenvalue weighted by Gasteiger charge is 2.30. The third-order valence-corrected chi connectivity index (χ3v) is 5.01. The number of hydrogen-bond acceptors (Lipinski definition) is 5. The minimum Gasteiger partial charge on any atom is -0.484 e. The van der Waals surface area contributed by atoms with Crippen LogP contribution in [-0.2, 0) is 4.79 Å². The SMILES string of the molecule is CC1=Nc2c(c(=O)[nH]n2C(C)C)[C@H](c2ccc(OCC(N)=O)cc2)S1. The number of aliphatic imine (C=N–C) groups is 1. The van der Waals surface area contributed by atoms with Gasteiger partial charge in [-0.15, -0.1) is 0 Å². The Labute approximate surface area is 149 Å². The Hall–Kier alpha value is -2.48. The van der Waals surface area contributed by atoms with E-state index in [1.54, 1.807) is 28.6 Å². The van der Waals surface area contributed by atoms with Gasteiger partial charge in [-0.3, -0.25) is 19.4 Å². The van der Waals surface area contributed by atoms with Crippen molar-refractivity contribution in [1.82, 2.24) is 9.78 Å². The van der Waals surface area contributed by atoms with E-state index in [0.717, 1.165) is 10.6 Å². The molecule has 0 saturated heterocycles. The highest BCUT2D eigenvalue weighted by molar-refractivity contribution is 8.14. The number of rotatable bonds is 5. The summed E-state index contributed by atoms with van der Waals surface area (Å²) in [5, 5.41) is 3.65. The minimum absolute atomic E-state index is 0.112. The van der Waals surface area contributed by atoms with Crippen molar-refractivity contribution in [3.05, 3.63) is 45.7 Å². The quantitative estimate of drug-likeness (QED) is 0.855. The van der Waals surface area contributed by atoms with E-state index in [2.05, 4.69) is 10.1 Å². The lowest BCUT2D eigenvalue weighted by atomic mass is 10.1. The van der Waals surface area contributed by atoms with Crippen LogP contribution >= 0.6 is 11.8 Å². The van der Waals surface area contributed by atoms with E-state index >= 15 is 0 Å². The molecule has 8 heteroatoms. The van der Waals surface area contributed by atoms with Gasteiger partial charge in [0.2, 0.25) is 0 Å². The Morgan fingerprint density at radius 1 is 1.40 bits per heavy atom. The third-order valence-electron chi connectivity index (χ3n) is 3.83. The summed E-state index contributed by atoms with van der Waals surface area (Å²) in [7, 11) is 0. The van der Waals surface area contributed by atoms with Crippen LogP contribution in [0, 0.1) is 0 Å². The molecule has 1 aliphatic rings. The number of H-pyrrole nitrogens is 1. The van der Waals surface area contributed by atoms with Gasteiger partial charge in [0.25, 0.3) is 11.5 Å². The molecule has 3 N–H and O–H groups in total. The molecule has 1 amide bonds. The number of ether oxygens (including phenoxy) is 1. The fourth-order valence-electron chi connectivity index (χ4n) is 2.71. The first-order valence-electron chi connectivity index (χ1n) is 7.94. The lowest BCUT2D eigenvalue weighted by molar-refractivity contribution is -0.119. The van der Waals surface area contributed by atoms with Crippen LogP contribution in [-0.4, -0.2) is 27.3 Å². The van der Waals surface area contributed by atoms with Gasteiger partial charge in [-0.2, -0.15) is 0 Å². The zero-order valence-corrected chi connectivity index (χ0v) is 15.1. The van der Waals surface area contributed by atoms with Crippen LogP contribution in [0.1, 0.15) is 43.2 Å². The average Bonchev–Trinajstić information content (AvgIpc) is 2.89. The van der Waals surface area contributed by atoms with Crippen molar-refractivity contribution in [2.45, 2.75) is 32.1 Å². The second kappa shape index (κ2) is 6.79. The molecule has 0 aliphatic carbocycles. The van der Waals surface area contributed by atoms with Crippen LogP contribution in [0.2, 0.25) is 0 Å². The van der Waals surface area contributed by atoms with Crippen LogP contribution in [0.15, 0.2) is 34.1 Å². The maximum Gasteiger partial charge on any atom is 0.271 e. The topological polar surface area (TPSA) is 102 Å². The Bertz CT molecular complexity index is 880. The maximum absolute atomic E-state index is 12.5. The van der Waals surface area contributed by atoms with Gasteiger partial charge in [0.1, 0.15) is 5.75 Å². The van der Waals surface area contributed by atoms with Crippen molar-refractivity contribution < 1.29 is 9.53 Å². The third kappa shape index (κ3) is 3.48. The van der Waals surface area contributed by atoms with Crippen molar-refractivity contribution in [3.8, 4) is 5.75 Å². The van der Waals surface area contributed by atoms with Gasteiger partial charge in [-0.25, -0.2) is 4.99 Å². The van der Waals surface area contributed by atoms with Crippen molar-refractivity contribution in [1.29, 1.82) is 0 Å². The Balaban J connectivity index is 1.96. The molecule has 1 atom stereocenters. The van der Waals surface area contributed by atoms with Crippen LogP contribution in [0.4, 0.5) is 5.82 Å². The summed E-state index contributed by atoms with van der Waals surface area (Å²) in [6.07, 6.45) is 0. The summed E-state index contributed by atoms with van der Waals surface area (Å²) in [6, 6.07) is 7.44. The molecular formula is C17H20N4O3S. The zero-order valence-electron chi connectivity index (χ0n) is 14.3. The molecule has 7 nitrogen and oxygen atoms in total. The van der Waals surface area contributed by atoms with Crippen molar-refractivity contribution >= 4 is 28.5 Å². The van der Waals surface area contributed by atoms with Crippen LogP contribution in [0.25, 0.3) is 0 Å².